The lowest BCUT2D eigenvalue weighted by Gasteiger charge is -2.43. The van der Waals surface area contributed by atoms with Crippen molar-refractivity contribution in [3.63, 3.8) is 0 Å². The second-order valence-electron chi connectivity index (χ2n) is 16.4. The molecule has 0 N–H and O–H groups in total. The van der Waals surface area contributed by atoms with E-state index in [9.17, 15) is 0 Å². The van der Waals surface area contributed by atoms with Crippen LogP contribution in [0.5, 0.6) is 0 Å². The van der Waals surface area contributed by atoms with Crippen molar-refractivity contribution in [2.75, 3.05) is 4.90 Å². The van der Waals surface area contributed by atoms with E-state index >= 15 is 0 Å². The Kier molecular flexibility index (Phi) is 7.16. The first kappa shape index (κ1) is 33.7. The summed E-state index contributed by atoms with van der Waals surface area (Å²) in [5.74, 6) is 1.96. The van der Waals surface area contributed by atoms with Gasteiger partial charge in [0, 0.05) is 27.8 Å². The zero-order valence-electron chi connectivity index (χ0n) is 32.8. The van der Waals surface area contributed by atoms with Gasteiger partial charge in [0.05, 0.1) is 16.8 Å². The van der Waals surface area contributed by atoms with Gasteiger partial charge < -0.3 is 4.90 Å². The number of anilines is 3. The van der Waals surface area contributed by atoms with Crippen molar-refractivity contribution in [2.24, 2.45) is 0 Å². The molecule has 59 heavy (non-hydrogen) atoms. The minimum atomic E-state index is -0.564. The number of nitrogens with zero attached hydrogens (tertiary/aromatic N) is 4. The predicted octanol–water partition coefficient (Wildman–Crippen LogP) is 13.3. The molecule has 9 aromatic rings. The van der Waals surface area contributed by atoms with Gasteiger partial charge in [0.25, 0.3) is 0 Å². The molecule has 1 unspecified atom stereocenters. The molecule has 0 saturated heterocycles. The van der Waals surface area contributed by atoms with Crippen LogP contribution in [0.1, 0.15) is 47.2 Å². The Balaban J connectivity index is 1.14. The number of para-hydroxylation sites is 2. The van der Waals surface area contributed by atoms with Crippen LogP contribution in [0, 0.1) is 0 Å². The summed E-state index contributed by atoms with van der Waals surface area (Å²) >= 11 is 0. The van der Waals surface area contributed by atoms with Crippen molar-refractivity contribution in [1.29, 1.82) is 0 Å². The van der Waals surface area contributed by atoms with E-state index in [4.69, 9.17) is 15.0 Å². The van der Waals surface area contributed by atoms with Crippen LogP contribution in [0.4, 0.5) is 17.1 Å². The van der Waals surface area contributed by atoms with E-state index in [0.717, 1.165) is 22.4 Å². The van der Waals surface area contributed by atoms with Crippen molar-refractivity contribution in [1.82, 2.24) is 15.0 Å². The highest BCUT2D eigenvalue weighted by molar-refractivity contribution is 5.99. The molecule has 0 amide bonds. The molecule has 4 heteroatoms. The molecule has 8 aromatic carbocycles. The molecule has 1 spiro atoms. The summed E-state index contributed by atoms with van der Waals surface area (Å²) < 4.78 is 0. The van der Waals surface area contributed by atoms with Gasteiger partial charge in [0.15, 0.2) is 17.5 Å². The van der Waals surface area contributed by atoms with Gasteiger partial charge in [-0.2, -0.15) is 0 Å². The average molecular weight is 755 g/mol. The van der Waals surface area contributed by atoms with Crippen LogP contribution in [0.2, 0.25) is 0 Å². The number of rotatable bonds is 4. The van der Waals surface area contributed by atoms with E-state index in [-0.39, 0.29) is 5.41 Å². The topological polar surface area (TPSA) is 41.9 Å². The molecule has 4 nitrogen and oxygen atoms in total. The SMILES string of the molecule is CC1(C)c2ccccc2N(c2ccccc2)c2cc3c(cc21)C1(c2ccccc2-c2ccc(-c4nc(-c5ccccc5)nc(-c5ccccc5)n4)cc21)c1ccccc1-3. The van der Waals surface area contributed by atoms with Gasteiger partial charge in [0.2, 0.25) is 0 Å². The fourth-order valence-corrected chi connectivity index (χ4v) is 10.3. The standard InChI is InChI=1S/C55H38N4/c1-54(2)45-28-16-17-29-49(45)59(38-22-10-5-11-23-38)50-33-42-40-25-13-15-27-44(40)55(47(42)34-48(50)54)43-26-14-12-24-39(43)41-31-30-37(32-46(41)55)53-57-51(35-18-6-3-7-19-35)56-52(58-53)36-20-8-4-9-21-36/h3-34H,1-2H3. The second-order valence-corrected chi connectivity index (χ2v) is 16.4. The van der Waals surface area contributed by atoms with Crippen LogP contribution >= 0.6 is 0 Å². The molecule has 0 radical (unpaired) electrons. The van der Waals surface area contributed by atoms with Crippen molar-refractivity contribution >= 4 is 17.1 Å². The zero-order chi connectivity index (χ0) is 39.3. The Bertz CT molecular complexity index is 3080. The Hall–Kier alpha value is -7.43. The third-order valence-corrected chi connectivity index (χ3v) is 12.9. The molecule has 0 saturated carbocycles. The monoisotopic (exact) mass is 754 g/mol. The molecule has 0 bridgehead atoms. The number of hydrogen-bond acceptors (Lipinski definition) is 4. The summed E-state index contributed by atoms with van der Waals surface area (Å²) in [7, 11) is 0. The van der Waals surface area contributed by atoms with E-state index in [2.05, 4.69) is 176 Å². The van der Waals surface area contributed by atoms with Crippen LogP contribution < -0.4 is 4.90 Å². The number of hydrogen-bond donors (Lipinski definition) is 0. The molecule has 2 aliphatic carbocycles. The summed E-state index contributed by atoms with van der Waals surface area (Å²) in [5, 5.41) is 0. The molecule has 3 aliphatic rings. The van der Waals surface area contributed by atoms with Gasteiger partial charge in [0.1, 0.15) is 0 Å². The number of fused-ring (bicyclic) bond motifs is 12. The highest BCUT2D eigenvalue weighted by Gasteiger charge is 2.53. The Morgan fingerprint density at radius 1 is 0.339 bits per heavy atom. The van der Waals surface area contributed by atoms with Gasteiger partial charge >= 0.3 is 0 Å². The van der Waals surface area contributed by atoms with Crippen molar-refractivity contribution < 1.29 is 0 Å². The summed E-state index contributed by atoms with van der Waals surface area (Å²) in [5.41, 5.74) is 18.4. The second kappa shape index (κ2) is 12.5. The maximum Gasteiger partial charge on any atom is 0.164 e. The van der Waals surface area contributed by atoms with Crippen molar-refractivity contribution in [3.8, 4) is 56.4 Å². The van der Waals surface area contributed by atoms with Crippen LogP contribution in [0.15, 0.2) is 194 Å². The van der Waals surface area contributed by atoms with Crippen LogP contribution in [0.3, 0.4) is 0 Å². The normalized spacial score (nSPS) is 16.1. The Morgan fingerprint density at radius 2 is 0.814 bits per heavy atom. The molecule has 1 aliphatic heterocycles. The smallest absolute Gasteiger partial charge is 0.164 e. The fourth-order valence-electron chi connectivity index (χ4n) is 10.3. The lowest BCUT2D eigenvalue weighted by Crippen LogP contribution is -2.32. The molecule has 0 fully saturated rings. The van der Waals surface area contributed by atoms with Gasteiger partial charge in [-0.3, -0.25) is 0 Å². The highest BCUT2D eigenvalue weighted by atomic mass is 15.2. The first-order valence-electron chi connectivity index (χ1n) is 20.4. The molecule has 278 valence electrons. The first-order chi connectivity index (χ1) is 29.0. The Morgan fingerprint density at radius 3 is 1.44 bits per heavy atom. The molecule has 2 heterocycles. The Labute approximate surface area is 344 Å². The quantitative estimate of drug-likeness (QED) is 0.179. The minimum Gasteiger partial charge on any atom is -0.310 e. The van der Waals surface area contributed by atoms with Crippen LogP contribution in [0.25, 0.3) is 56.4 Å². The van der Waals surface area contributed by atoms with Gasteiger partial charge in [-0.25, -0.2) is 15.0 Å². The lowest BCUT2D eigenvalue weighted by molar-refractivity contribution is 0.629. The van der Waals surface area contributed by atoms with Gasteiger partial charge in [-0.05, 0) is 86.0 Å². The minimum absolute atomic E-state index is 0.266. The van der Waals surface area contributed by atoms with Crippen LogP contribution in [-0.2, 0) is 10.8 Å². The number of benzene rings is 8. The van der Waals surface area contributed by atoms with E-state index in [1.165, 1.54) is 67.0 Å². The average Bonchev–Trinajstić information content (AvgIpc) is 3.76. The molecule has 1 atom stereocenters. The molecule has 1 aromatic heterocycles. The van der Waals surface area contributed by atoms with E-state index in [1.807, 2.05) is 36.4 Å². The largest absolute Gasteiger partial charge is 0.310 e. The van der Waals surface area contributed by atoms with Crippen LogP contribution in [-0.4, -0.2) is 15.0 Å². The zero-order valence-corrected chi connectivity index (χ0v) is 32.8. The molecular formula is C55H38N4. The maximum atomic E-state index is 5.19. The predicted molar refractivity (Wildman–Crippen MR) is 239 cm³/mol. The van der Waals surface area contributed by atoms with E-state index < -0.39 is 5.41 Å². The third kappa shape index (κ3) is 4.74. The summed E-state index contributed by atoms with van der Waals surface area (Å²) in [6, 6.07) is 70.1. The maximum absolute atomic E-state index is 5.19. The highest BCUT2D eigenvalue weighted by Crippen LogP contribution is 2.65. The summed E-state index contributed by atoms with van der Waals surface area (Å²) in [6.45, 7) is 4.77. The van der Waals surface area contributed by atoms with Crippen molar-refractivity contribution in [2.45, 2.75) is 24.7 Å². The number of aromatic nitrogens is 3. The van der Waals surface area contributed by atoms with E-state index in [0.29, 0.717) is 17.5 Å². The van der Waals surface area contributed by atoms with Gasteiger partial charge in [-0.1, -0.05) is 178 Å². The lowest BCUT2D eigenvalue weighted by atomic mass is 9.67. The molecular weight excluding hydrogens is 717 g/mol. The van der Waals surface area contributed by atoms with E-state index in [1.54, 1.807) is 0 Å². The summed E-state index contributed by atoms with van der Waals surface area (Å²) in [6.07, 6.45) is 0. The first-order valence-corrected chi connectivity index (χ1v) is 20.4. The summed E-state index contributed by atoms with van der Waals surface area (Å²) in [4.78, 5) is 17.8. The van der Waals surface area contributed by atoms with Gasteiger partial charge in [-0.15, -0.1) is 0 Å². The fraction of sp³-hybridized carbons (Fsp3) is 0.0727. The van der Waals surface area contributed by atoms with Crippen molar-refractivity contribution in [3.05, 3.63) is 228 Å². The third-order valence-electron chi connectivity index (χ3n) is 12.9. The molecule has 12 rings (SSSR count).